The molecule has 1 amide bonds. The molecule has 0 radical (unpaired) electrons. The molecule has 2 aliphatic rings. The minimum atomic E-state index is 0. The van der Waals surface area contributed by atoms with Gasteiger partial charge in [-0.3, -0.25) is 4.79 Å². The standard InChI is InChI=1S/C12H22N2O.ClH/c1-14(9-11-2-3-11)12(15)5-4-10-6-7-13-8-10;/h10-11,13H,2-9H2,1H3;1H. The van der Waals surface area contributed by atoms with Crippen LogP contribution in [0, 0.1) is 11.8 Å². The van der Waals surface area contributed by atoms with Crippen LogP contribution in [0.2, 0.25) is 0 Å². The van der Waals surface area contributed by atoms with Crippen molar-refractivity contribution in [2.75, 3.05) is 26.7 Å². The number of nitrogens with zero attached hydrogens (tertiary/aromatic N) is 1. The van der Waals surface area contributed by atoms with Crippen LogP contribution in [-0.2, 0) is 4.79 Å². The molecule has 4 heteroatoms. The topological polar surface area (TPSA) is 32.3 Å². The Hall–Kier alpha value is -0.280. The van der Waals surface area contributed by atoms with Gasteiger partial charge >= 0.3 is 0 Å². The summed E-state index contributed by atoms with van der Waals surface area (Å²) in [5.74, 6) is 1.89. The zero-order valence-corrected chi connectivity index (χ0v) is 10.9. The third-order valence-electron chi connectivity index (χ3n) is 3.58. The Morgan fingerprint density at radius 2 is 2.06 bits per heavy atom. The van der Waals surface area contributed by atoms with Gasteiger partial charge in [-0.25, -0.2) is 0 Å². The van der Waals surface area contributed by atoms with Crippen molar-refractivity contribution in [3.05, 3.63) is 0 Å². The molecule has 0 aromatic heterocycles. The highest BCUT2D eigenvalue weighted by Gasteiger charge is 2.25. The lowest BCUT2D eigenvalue weighted by Gasteiger charge is -2.17. The Morgan fingerprint density at radius 1 is 1.31 bits per heavy atom. The number of rotatable bonds is 5. The molecule has 3 nitrogen and oxygen atoms in total. The minimum absolute atomic E-state index is 0. The van der Waals surface area contributed by atoms with Gasteiger partial charge in [-0.05, 0) is 50.6 Å². The number of hydrogen-bond donors (Lipinski definition) is 1. The first kappa shape index (κ1) is 13.8. The summed E-state index contributed by atoms with van der Waals surface area (Å²) in [6.45, 7) is 3.23. The van der Waals surface area contributed by atoms with Crippen molar-refractivity contribution in [1.29, 1.82) is 0 Å². The summed E-state index contributed by atoms with van der Waals surface area (Å²) in [5, 5.41) is 3.34. The van der Waals surface area contributed by atoms with Crippen molar-refractivity contribution < 1.29 is 4.79 Å². The Balaban J connectivity index is 0.00000128. The highest BCUT2D eigenvalue weighted by molar-refractivity contribution is 5.85. The van der Waals surface area contributed by atoms with E-state index in [0.717, 1.165) is 44.3 Å². The molecule has 0 aromatic carbocycles. The first-order valence-electron chi connectivity index (χ1n) is 6.20. The van der Waals surface area contributed by atoms with Crippen molar-refractivity contribution in [2.24, 2.45) is 11.8 Å². The van der Waals surface area contributed by atoms with Gasteiger partial charge in [-0.1, -0.05) is 0 Å². The Bertz CT molecular complexity index is 225. The summed E-state index contributed by atoms with van der Waals surface area (Å²) in [7, 11) is 1.95. The van der Waals surface area contributed by atoms with E-state index in [1.807, 2.05) is 11.9 Å². The lowest BCUT2D eigenvalue weighted by atomic mass is 10.0. The SMILES string of the molecule is CN(CC1CC1)C(=O)CCC1CCNC1.Cl. The monoisotopic (exact) mass is 246 g/mol. The van der Waals surface area contributed by atoms with Crippen molar-refractivity contribution in [3.8, 4) is 0 Å². The number of amides is 1. The van der Waals surface area contributed by atoms with Crippen LogP contribution in [0.5, 0.6) is 0 Å². The predicted molar refractivity (Wildman–Crippen MR) is 67.8 cm³/mol. The summed E-state index contributed by atoms with van der Waals surface area (Å²) in [6.07, 6.45) is 5.71. The number of hydrogen-bond acceptors (Lipinski definition) is 2. The highest BCUT2D eigenvalue weighted by atomic mass is 35.5. The number of carbonyl (C=O) groups excluding carboxylic acids is 1. The molecule has 1 unspecified atom stereocenters. The van der Waals surface area contributed by atoms with E-state index in [9.17, 15) is 4.79 Å². The zero-order chi connectivity index (χ0) is 10.7. The Kier molecular flexibility index (Phi) is 5.56. The van der Waals surface area contributed by atoms with Gasteiger partial charge in [0.05, 0.1) is 0 Å². The van der Waals surface area contributed by atoms with Crippen molar-refractivity contribution >= 4 is 18.3 Å². The van der Waals surface area contributed by atoms with Gasteiger partial charge in [-0.15, -0.1) is 12.4 Å². The van der Waals surface area contributed by atoms with E-state index >= 15 is 0 Å². The van der Waals surface area contributed by atoms with E-state index in [1.165, 1.54) is 19.3 Å². The molecule has 1 atom stereocenters. The van der Waals surface area contributed by atoms with Gasteiger partial charge in [0, 0.05) is 20.0 Å². The average Bonchev–Trinajstić information content (AvgIpc) is 2.88. The summed E-state index contributed by atoms with van der Waals surface area (Å²) < 4.78 is 0. The summed E-state index contributed by atoms with van der Waals surface area (Å²) >= 11 is 0. The van der Waals surface area contributed by atoms with Crippen LogP contribution >= 0.6 is 12.4 Å². The van der Waals surface area contributed by atoms with Gasteiger partial charge in [0.2, 0.25) is 5.91 Å². The quantitative estimate of drug-likeness (QED) is 0.801. The van der Waals surface area contributed by atoms with E-state index < -0.39 is 0 Å². The number of halogens is 1. The normalized spacial score (nSPS) is 23.9. The Labute approximate surface area is 104 Å². The van der Waals surface area contributed by atoms with Gasteiger partial charge in [0.1, 0.15) is 0 Å². The van der Waals surface area contributed by atoms with Crippen molar-refractivity contribution in [1.82, 2.24) is 10.2 Å². The van der Waals surface area contributed by atoms with Gasteiger partial charge in [0.15, 0.2) is 0 Å². The predicted octanol–water partition coefficient (Wildman–Crippen LogP) is 1.67. The molecule has 1 aliphatic heterocycles. The van der Waals surface area contributed by atoms with Crippen LogP contribution in [-0.4, -0.2) is 37.5 Å². The molecule has 0 spiro atoms. The molecule has 0 aromatic rings. The van der Waals surface area contributed by atoms with E-state index in [2.05, 4.69) is 5.32 Å². The highest BCUT2D eigenvalue weighted by Crippen LogP contribution is 2.29. The van der Waals surface area contributed by atoms with Crippen molar-refractivity contribution in [2.45, 2.75) is 32.1 Å². The second-order valence-corrected chi connectivity index (χ2v) is 5.12. The Morgan fingerprint density at radius 3 is 2.62 bits per heavy atom. The van der Waals surface area contributed by atoms with Gasteiger partial charge in [0.25, 0.3) is 0 Å². The van der Waals surface area contributed by atoms with Gasteiger partial charge < -0.3 is 10.2 Å². The maximum absolute atomic E-state index is 11.8. The van der Waals surface area contributed by atoms with Crippen LogP contribution in [0.15, 0.2) is 0 Å². The lowest BCUT2D eigenvalue weighted by molar-refractivity contribution is -0.130. The van der Waals surface area contributed by atoms with Crippen LogP contribution < -0.4 is 5.32 Å². The molecule has 1 aliphatic carbocycles. The maximum Gasteiger partial charge on any atom is 0.222 e. The average molecular weight is 247 g/mol. The molecule has 2 fully saturated rings. The minimum Gasteiger partial charge on any atom is -0.345 e. The number of carbonyl (C=O) groups is 1. The summed E-state index contributed by atoms with van der Waals surface area (Å²) in [6, 6.07) is 0. The summed E-state index contributed by atoms with van der Waals surface area (Å²) in [4.78, 5) is 13.7. The first-order valence-corrected chi connectivity index (χ1v) is 6.20. The smallest absolute Gasteiger partial charge is 0.222 e. The molecule has 2 rings (SSSR count). The zero-order valence-electron chi connectivity index (χ0n) is 10.1. The van der Waals surface area contributed by atoms with E-state index in [0.29, 0.717) is 5.91 Å². The summed E-state index contributed by atoms with van der Waals surface area (Å²) in [5.41, 5.74) is 0. The molecule has 16 heavy (non-hydrogen) atoms. The van der Waals surface area contributed by atoms with Crippen molar-refractivity contribution in [3.63, 3.8) is 0 Å². The van der Waals surface area contributed by atoms with Crippen LogP contribution in [0.4, 0.5) is 0 Å². The molecule has 1 N–H and O–H groups in total. The molecule has 1 saturated heterocycles. The largest absolute Gasteiger partial charge is 0.345 e. The molecule has 1 saturated carbocycles. The fraction of sp³-hybridized carbons (Fsp3) is 0.917. The first-order chi connectivity index (χ1) is 7.25. The number of nitrogens with one attached hydrogen (secondary N) is 1. The van der Waals surface area contributed by atoms with Crippen LogP contribution in [0.3, 0.4) is 0 Å². The third-order valence-corrected chi connectivity index (χ3v) is 3.58. The molecule has 94 valence electrons. The molecule has 0 bridgehead atoms. The molecular weight excluding hydrogens is 224 g/mol. The second kappa shape index (κ2) is 6.45. The molecular formula is C12H23ClN2O. The fourth-order valence-electron chi connectivity index (χ4n) is 2.27. The van der Waals surface area contributed by atoms with E-state index in [1.54, 1.807) is 0 Å². The second-order valence-electron chi connectivity index (χ2n) is 5.12. The third kappa shape index (κ3) is 4.30. The maximum atomic E-state index is 11.8. The molecule has 1 heterocycles. The fourth-order valence-corrected chi connectivity index (χ4v) is 2.27. The van der Waals surface area contributed by atoms with Crippen LogP contribution in [0.1, 0.15) is 32.1 Å². The van der Waals surface area contributed by atoms with E-state index in [-0.39, 0.29) is 12.4 Å². The van der Waals surface area contributed by atoms with Gasteiger partial charge in [-0.2, -0.15) is 0 Å². The lowest BCUT2D eigenvalue weighted by Crippen LogP contribution is -2.29. The van der Waals surface area contributed by atoms with E-state index in [4.69, 9.17) is 0 Å². The van der Waals surface area contributed by atoms with Crippen LogP contribution in [0.25, 0.3) is 0 Å².